The Bertz CT molecular complexity index is 655. The highest BCUT2D eigenvalue weighted by Gasteiger charge is 2.12. The molecule has 2 aromatic carbocycles. The number of carbonyl (C=O) groups is 1. The van der Waals surface area contributed by atoms with Gasteiger partial charge in [0.1, 0.15) is 0 Å². The van der Waals surface area contributed by atoms with E-state index in [0.29, 0.717) is 22.6 Å². The Morgan fingerprint density at radius 2 is 1.52 bits per heavy atom. The van der Waals surface area contributed by atoms with E-state index in [-0.39, 0.29) is 5.78 Å². The van der Waals surface area contributed by atoms with Gasteiger partial charge in [0, 0.05) is 11.1 Å². The second kappa shape index (κ2) is 6.75. The second-order valence-corrected chi connectivity index (χ2v) is 4.52. The lowest BCUT2D eigenvalue weighted by Gasteiger charge is -2.09. The molecule has 0 bridgehead atoms. The maximum Gasteiger partial charge on any atom is 0.193 e. The minimum absolute atomic E-state index is 0.0389. The summed E-state index contributed by atoms with van der Waals surface area (Å²) in [6, 6.07) is 12.7. The van der Waals surface area contributed by atoms with Crippen LogP contribution in [-0.4, -0.2) is 20.0 Å². The summed E-state index contributed by atoms with van der Waals surface area (Å²) in [5.41, 5.74) is 2.29. The number of allylic oxidation sites excluding steroid dienone is 1. The Labute approximate surface area is 124 Å². The number of ether oxygens (including phenoxy) is 2. The van der Waals surface area contributed by atoms with Gasteiger partial charge in [0.2, 0.25) is 0 Å². The van der Waals surface area contributed by atoms with Crippen molar-refractivity contribution in [1.82, 2.24) is 0 Å². The minimum atomic E-state index is -0.0389. The molecule has 2 rings (SSSR count). The molecule has 2 aromatic rings. The van der Waals surface area contributed by atoms with Crippen molar-refractivity contribution >= 4 is 11.9 Å². The third-order valence-electron chi connectivity index (χ3n) is 3.18. The first-order valence-corrected chi connectivity index (χ1v) is 6.69. The Balaban J connectivity index is 2.31. The summed E-state index contributed by atoms with van der Waals surface area (Å²) in [7, 11) is 3.12. The SMILES string of the molecule is C/C=C/c1ccc(C(=O)c2ccc(OC)c(OC)c2)cc1. The van der Waals surface area contributed by atoms with Crippen LogP contribution >= 0.6 is 0 Å². The first-order chi connectivity index (χ1) is 10.2. The summed E-state index contributed by atoms with van der Waals surface area (Å²) in [6.07, 6.45) is 3.95. The summed E-state index contributed by atoms with van der Waals surface area (Å²) >= 11 is 0. The third kappa shape index (κ3) is 3.31. The van der Waals surface area contributed by atoms with Crippen molar-refractivity contribution in [3.8, 4) is 11.5 Å². The molecule has 0 saturated heterocycles. The van der Waals surface area contributed by atoms with Crippen LogP contribution in [0.4, 0.5) is 0 Å². The normalized spacial score (nSPS) is 10.6. The molecule has 0 aliphatic heterocycles. The van der Waals surface area contributed by atoms with Crippen LogP contribution in [0.1, 0.15) is 28.4 Å². The molecule has 108 valence electrons. The van der Waals surface area contributed by atoms with Gasteiger partial charge in [0.15, 0.2) is 17.3 Å². The Kier molecular flexibility index (Phi) is 4.77. The monoisotopic (exact) mass is 282 g/mol. The summed E-state index contributed by atoms with van der Waals surface area (Å²) in [6.45, 7) is 1.96. The largest absolute Gasteiger partial charge is 0.493 e. The Hall–Kier alpha value is -2.55. The predicted molar refractivity (Wildman–Crippen MR) is 84.1 cm³/mol. The average molecular weight is 282 g/mol. The minimum Gasteiger partial charge on any atom is -0.493 e. The molecule has 0 aromatic heterocycles. The van der Waals surface area contributed by atoms with E-state index >= 15 is 0 Å². The van der Waals surface area contributed by atoms with Gasteiger partial charge in [-0.2, -0.15) is 0 Å². The molecular formula is C18H18O3. The molecule has 0 unspecified atom stereocenters. The average Bonchev–Trinajstić information content (AvgIpc) is 2.54. The van der Waals surface area contributed by atoms with Crippen molar-refractivity contribution in [3.63, 3.8) is 0 Å². The lowest BCUT2D eigenvalue weighted by atomic mass is 10.0. The molecular weight excluding hydrogens is 264 g/mol. The van der Waals surface area contributed by atoms with Gasteiger partial charge in [-0.05, 0) is 30.7 Å². The second-order valence-electron chi connectivity index (χ2n) is 4.52. The lowest BCUT2D eigenvalue weighted by Crippen LogP contribution is -2.02. The van der Waals surface area contributed by atoms with Crippen molar-refractivity contribution < 1.29 is 14.3 Å². The fourth-order valence-corrected chi connectivity index (χ4v) is 2.08. The summed E-state index contributed by atoms with van der Waals surface area (Å²) < 4.78 is 10.4. The highest BCUT2D eigenvalue weighted by molar-refractivity contribution is 6.09. The highest BCUT2D eigenvalue weighted by atomic mass is 16.5. The molecule has 0 heterocycles. The standard InChI is InChI=1S/C18H18O3/c1-4-5-13-6-8-14(9-7-13)18(19)15-10-11-16(20-2)17(12-15)21-3/h4-12H,1-3H3/b5-4+. The van der Waals surface area contributed by atoms with Crippen molar-refractivity contribution in [2.45, 2.75) is 6.92 Å². The predicted octanol–water partition coefficient (Wildman–Crippen LogP) is 3.97. The molecule has 0 N–H and O–H groups in total. The Morgan fingerprint density at radius 1 is 0.905 bits per heavy atom. The summed E-state index contributed by atoms with van der Waals surface area (Å²) in [5, 5.41) is 0. The maximum absolute atomic E-state index is 12.5. The topological polar surface area (TPSA) is 35.5 Å². The van der Waals surface area contributed by atoms with E-state index in [9.17, 15) is 4.79 Å². The van der Waals surface area contributed by atoms with Gasteiger partial charge in [-0.1, -0.05) is 36.4 Å². The van der Waals surface area contributed by atoms with Gasteiger partial charge in [-0.3, -0.25) is 4.79 Å². The first kappa shape index (κ1) is 14.9. The molecule has 21 heavy (non-hydrogen) atoms. The molecule has 0 aliphatic carbocycles. The van der Waals surface area contributed by atoms with Gasteiger partial charge in [-0.25, -0.2) is 0 Å². The van der Waals surface area contributed by atoms with Crippen LogP contribution in [0.5, 0.6) is 11.5 Å². The molecule has 0 fully saturated rings. The number of methoxy groups -OCH3 is 2. The quantitative estimate of drug-likeness (QED) is 0.778. The molecule has 0 radical (unpaired) electrons. The number of hydrogen-bond donors (Lipinski definition) is 0. The van der Waals surface area contributed by atoms with Gasteiger partial charge < -0.3 is 9.47 Å². The van der Waals surface area contributed by atoms with Crippen LogP contribution in [0.15, 0.2) is 48.5 Å². The zero-order valence-corrected chi connectivity index (χ0v) is 12.4. The molecule has 3 heteroatoms. The van der Waals surface area contributed by atoms with Gasteiger partial charge in [-0.15, -0.1) is 0 Å². The number of hydrogen-bond acceptors (Lipinski definition) is 3. The fraction of sp³-hybridized carbons (Fsp3) is 0.167. The molecule has 0 saturated carbocycles. The van der Waals surface area contributed by atoms with Gasteiger partial charge in [0.25, 0.3) is 0 Å². The molecule has 0 spiro atoms. The molecule has 0 aliphatic rings. The van der Waals surface area contributed by atoms with E-state index in [2.05, 4.69) is 0 Å². The number of ketones is 1. The zero-order valence-electron chi connectivity index (χ0n) is 12.4. The summed E-state index contributed by atoms with van der Waals surface area (Å²) in [4.78, 5) is 12.5. The van der Waals surface area contributed by atoms with Crippen LogP contribution in [0.3, 0.4) is 0 Å². The maximum atomic E-state index is 12.5. The number of rotatable bonds is 5. The van der Waals surface area contributed by atoms with E-state index in [1.807, 2.05) is 43.3 Å². The van der Waals surface area contributed by atoms with E-state index < -0.39 is 0 Å². The van der Waals surface area contributed by atoms with Crippen LogP contribution < -0.4 is 9.47 Å². The molecule has 3 nitrogen and oxygen atoms in total. The highest BCUT2D eigenvalue weighted by Crippen LogP contribution is 2.28. The van der Waals surface area contributed by atoms with Gasteiger partial charge >= 0.3 is 0 Å². The first-order valence-electron chi connectivity index (χ1n) is 6.69. The fourth-order valence-electron chi connectivity index (χ4n) is 2.08. The number of benzene rings is 2. The van der Waals surface area contributed by atoms with Crippen LogP contribution in [0.2, 0.25) is 0 Å². The van der Waals surface area contributed by atoms with Crippen LogP contribution in [0, 0.1) is 0 Å². The van der Waals surface area contributed by atoms with Crippen molar-refractivity contribution in [1.29, 1.82) is 0 Å². The summed E-state index contributed by atoms with van der Waals surface area (Å²) in [5.74, 6) is 1.12. The number of carbonyl (C=O) groups excluding carboxylic acids is 1. The van der Waals surface area contributed by atoms with E-state index in [1.165, 1.54) is 0 Å². The molecule has 0 atom stereocenters. The smallest absolute Gasteiger partial charge is 0.193 e. The lowest BCUT2D eigenvalue weighted by molar-refractivity contribution is 0.103. The van der Waals surface area contributed by atoms with Gasteiger partial charge in [0.05, 0.1) is 14.2 Å². The van der Waals surface area contributed by atoms with E-state index in [0.717, 1.165) is 5.56 Å². The van der Waals surface area contributed by atoms with E-state index in [4.69, 9.17) is 9.47 Å². The van der Waals surface area contributed by atoms with Crippen LogP contribution in [-0.2, 0) is 0 Å². The zero-order chi connectivity index (χ0) is 15.2. The van der Waals surface area contributed by atoms with Crippen molar-refractivity contribution in [2.75, 3.05) is 14.2 Å². The van der Waals surface area contributed by atoms with E-state index in [1.54, 1.807) is 32.4 Å². The third-order valence-corrected chi connectivity index (χ3v) is 3.18. The van der Waals surface area contributed by atoms with Crippen molar-refractivity contribution in [2.24, 2.45) is 0 Å². The van der Waals surface area contributed by atoms with Crippen LogP contribution in [0.25, 0.3) is 6.08 Å². The van der Waals surface area contributed by atoms with Crippen molar-refractivity contribution in [3.05, 3.63) is 65.2 Å². The Morgan fingerprint density at radius 3 is 2.10 bits per heavy atom. The molecule has 0 amide bonds.